The van der Waals surface area contributed by atoms with Crippen molar-refractivity contribution in [2.75, 3.05) is 25.9 Å². The monoisotopic (exact) mass is 519 g/mol. The van der Waals surface area contributed by atoms with Crippen molar-refractivity contribution >= 4 is 40.7 Å². The van der Waals surface area contributed by atoms with E-state index in [1.54, 1.807) is 0 Å². The zero-order valence-corrected chi connectivity index (χ0v) is 19.5. The fraction of sp³-hybridized carbons (Fsp3) is 0.611. The van der Waals surface area contributed by atoms with Gasteiger partial charge in [-0.1, -0.05) is 12.1 Å². The topological polar surface area (TPSA) is 44.7 Å². The number of alkyl halides is 3. The molecule has 0 saturated heterocycles. The Morgan fingerprint density at radius 1 is 1.19 bits per heavy atom. The Morgan fingerprint density at radius 3 is 2.19 bits per heavy atom. The molecule has 0 heterocycles. The van der Waals surface area contributed by atoms with Crippen LogP contribution in [0.15, 0.2) is 29.3 Å². The van der Waals surface area contributed by atoms with Crippen LogP contribution in [0.2, 0.25) is 0 Å². The molecule has 1 N–H and O–H groups in total. The van der Waals surface area contributed by atoms with Gasteiger partial charge in [-0.15, -0.1) is 24.0 Å². The molecule has 1 aromatic carbocycles. The van der Waals surface area contributed by atoms with E-state index in [1.807, 2.05) is 39.6 Å². The van der Waals surface area contributed by atoms with Crippen molar-refractivity contribution in [2.24, 2.45) is 4.99 Å². The summed E-state index contributed by atoms with van der Waals surface area (Å²) in [4.78, 5) is 6.32. The van der Waals surface area contributed by atoms with E-state index < -0.39 is 22.5 Å². The molecule has 0 amide bonds. The summed E-state index contributed by atoms with van der Waals surface area (Å²) < 4.78 is 49.7. The second-order valence-electron chi connectivity index (χ2n) is 6.95. The van der Waals surface area contributed by atoms with E-state index in [0.29, 0.717) is 31.3 Å². The zero-order valence-electron chi connectivity index (χ0n) is 16.4. The van der Waals surface area contributed by atoms with Crippen LogP contribution in [0, 0.1) is 0 Å². The Kier molecular flexibility index (Phi) is 10.9. The van der Waals surface area contributed by atoms with E-state index in [0.717, 1.165) is 17.7 Å². The quantitative estimate of drug-likeness (QED) is 0.347. The van der Waals surface area contributed by atoms with E-state index in [-0.39, 0.29) is 28.7 Å². The molecule has 4 nitrogen and oxygen atoms in total. The van der Waals surface area contributed by atoms with Crippen molar-refractivity contribution in [1.29, 1.82) is 0 Å². The number of halogens is 4. The average Bonchev–Trinajstić information content (AvgIpc) is 2.52. The molecular weight excluding hydrogens is 490 g/mol. The lowest BCUT2D eigenvalue weighted by molar-refractivity contribution is -0.137. The summed E-state index contributed by atoms with van der Waals surface area (Å²) in [6.07, 6.45) is -4.33. The van der Waals surface area contributed by atoms with Gasteiger partial charge in [0.2, 0.25) is 0 Å². The minimum absolute atomic E-state index is 0. The van der Waals surface area contributed by atoms with E-state index in [2.05, 4.69) is 10.3 Å². The lowest BCUT2D eigenvalue weighted by Crippen LogP contribution is -2.39. The highest BCUT2D eigenvalue weighted by molar-refractivity contribution is 14.0. The Labute approximate surface area is 179 Å². The smallest absolute Gasteiger partial charge is 0.357 e. The second-order valence-corrected chi connectivity index (χ2v) is 9.27. The van der Waals surface area contributed by atoms with Gasteiger partial charge < -0.3 is 10.2 Å². The maximum absolute atomic E-state index is 12.6. The Hall–Kier alpha value is -0.840. The molecule has 156 valence electrons. The van der Waals surface area contributed by atoms with Crippen LogP contribution in [0.5, 0.6) is 0 Å². The zero-order chi connectivity index (χ0) is 20.0. The number of hydrogen-bond donors (Lipinski definition) is 1. The molecule has 0 spiro atoms. The molecule has 0 aliphatic rings. The predicted octanol–water partition coefficient (Wildman–Crippen LogP) is 4.27. The number of aliphatic imine (C=N–C) groups is 1. The number of benzene rings is 1. The first-order valence-electron chi connectivity index (χ1n) is 8.49. The fourth-order valence-corrected chi connectivity index (χ4v) is 3.03. The molecule has 0 aromatic heterocycles. The second kappa shape index (κ2) is 11.2. The van der Waals surface area contributed by atoms with Crippen LogP contribution in [0.4, 0.5) is 13.2 Å². The van der Waals surface area contributed by atoms with Crippen LogP contribution in [0.3, 0.4) is 0 Å². The van der Waals surface area contributed by atoms with E-state index in [4.69, 9.17) is 0 Å². The highest BCUT2D eigenvalue weighted by Gasteiger charge is 2.30. The molecule has 0 aliphatic heterocycles. The van der Waals surface area contributed by atoms with Crippen LogP contribution in [-0.2, 0) is 23.5 Å². The van der Waals surface area contributed by atoms with E-state index in [1.165, 1.54) is 12.1 Å². The van der Waals surface area contributed by atoms with Gasteiger partial charge in [0.05, 0.1) is 12.1 Å². The molecular formula is C18H29F3IN3OS. The van der Waals surface area contributed by atoms with Gasteiger partial charge in [-0.2, -0.15) is 13.2 Å². The van der Waals surface area contributed by atoms with Gasteiger partial charge in [0.25, 0.3) is 0 Å². The molecule has 1 unspecified atom stereocenters. The molecule has 0 saturated carbocycles. The molecule has 0 bridgehead atoms. The van der Waals surface area contributed by atoms with Gasteiger partial charge >= 0.3 is 6.18 Å². The lowest BCUT2D eigenvalue weighted by Gasteiger charge is -2.23. The van der Waals surface area contributed by atoms with E-state index in [9.17, 15) is 17.4 Å². The molecule has 27 heavy (non-hydrogen) atoms. The standard InChI is InChI=1S/C18H28F3N3OS.HI/c1-6-22-16(23-11-12-26(25)17(2,3)4)24(5)13-14-7-9-15(10-8-14)18(19,20)21;/h7-10H,6,11-13H2,1-5H3,(H,22,23);1H. The average molecular weight is 519 g/mol. The van der Waals surface area contributed by atoms with Crippen molar-refractivity contribution in [1.82, 2.24) is 10.2 Å². The van der Waals surface area contributed by atoms with Crippen molar-refractivity contribution in [3.8, 4) is 0 Å². The van der Waals surface area contributed by atoms with E-state index >= 15 is 0 Å². The van der Waals surface area contributed by atoms with Crippen LogP contribution >= 0.6 is 24.0 Å². The minimum Gasteiger partial charge on any atom is -0.357 e. The molecule has 1 atom stereocenters. The van der Waals surface area contributed by atoms with Gasteiger partial charge in [-0.25, -0.2) is 0 Å². The number of nitrogens with zero attached hydrogens (tertiary/aromatic N) is 2. The van der Waals surface area contributed by atoms with Crippen molar-refractivity contribution in [3.63, 3.8) is 0 Å². The lowest BCUT2D eigenvalue weighted by atomic mass is 10.1. The summed E-state index contributed by atoms with van der Waals surface area (Å²) in [5, 5.41) is 3.15. The fourth-order valence-electron chi connectivity index (χ4n) is 2.16. The van der Waals surface area contributed by atoms with Crippen LogP contribution in [0.25, 0.3) is 0 Å². The SMILES string of the molecule is CCNC(=NCCS(=O)C(C)(C)C)N(C)Cc1ccc(C(F)(F)F)cc1.I. The highest BCUT2D eigenvalue weighted by Crippen LogP contribution is 2.29. The Morgan fingerprint density at radius 2 is 1.74 bits per heavy atom. The summed E-state index contributed by atoms with van der Waals surface area (Å²) in [6, 6.07) is 5.11. The minimum atomic E-state index is -4.33. The number of nitrogens with one attached hydrogen (secondary N) is 1. The number of guanidine groups is 1. The van der Waals surface area contributed by atoms with Crippen LogP contribution in [-0.4, -0.2) is 45.7 Å². The molecule has 9 heteroatoms. The highest BCUT2D eigenvalue weighted by atomic mass is 127. The third kappa shape index (κ3) is 9.27. The maximum Gasteiger partial charge on any atom is 0.416 e. The molecule has 0 aliphatic carbocycles. The van der Waals surface area contributed by atoms with Crippen molar-refractivity contribution in [3.05, 3.63) is 35.4 Å². The number of rotatable bonds is 6. The third-order valence-corrected chi connectivity index (χ3v) is 5.54. The molecule has 0 radical (unpaired) electrons. The third-order valence-electron chi connectivity index (χ3n) is 3.62. The molecule has 0 fully saturated rings. The molecule has 1 rings (SSSR count). The summed E-state index contributed by atoms with van der Waals surface area (Å²) >= 11 is 0. The Bertz CT molecular complexity index is 628. The largest absolute Gasteiger partial charge is 0.416 e. The van der Waals surface area contributed by atoms with Crippen molar-refractivity contribution in [2.45, 2.75) is 45.2 Å². The maximum atomic E-state index is 12.6. The van der Waals surface area contributed by atoms with Crippen molar-refractivity contribution < 1.29 is 17.4 Å². The summed E-state index contributed by atoms with van der Waals surface area (Å²) in [5.74, 6) is 1.10. The van der Waals surface area contributed by atoms with Crippen LogP contribution in [0.1, 0.15) is 38.8 Å². The Balaban J connectivity index is 0.00000676. The van der Waals surface area contributed by atoms with Gasteiger partial charge in [0, 0.05) is 41.4 Å². The summed E-state index contributed by atoms with van der Waals surface area (Å²) in [5.41, 5.74) is 0.0958. The summed E-state index contributed by atoms with van der Waals surface area (Å²) in [7, 11) is 0.839. The first-order chi connectivity index (χ1) is 11.9. The first-order valence-corrected chi connectivity index (χ1v) is 9.81. The first kappa shape index (κ1) is 26.2. The number of hydrogen-bond acceptors (Lipinski definition) is 2. The predicted molar refractivity (Wildman–Crippen MR) is 117 cm³/mol. The summed E-state index contributed by atoms with van der Waals surface area (Å²) in [6.45, 7) is 9.22. The van der Waals surface area contributed by atoms with Crippen LogP contribution < -0.4 is 5.32 Å². The van der Waals surface area contributed by atoms with Gasteiger partial charge in [0.15, 0.2) is 5.96 Å². The van der Waals surface area contributed by atoms with Gasteiger partial charge in [-0.3, -0.25) is 9.20 Å². The molecule has 1 aromatic rings. The van der Waals surface area contributed by atoms with Gasteiger partial charge in [-0.05, 0) is 45.4 Å². The van der Waals surface area contributed by atoms with Gasteiger partial charge in [0.1, 0.15) is 0 Å². The normalized spacial score (nSPS) is 13.7.